The van der Waals surface area contributed by atoms with Crippen LogP contribution in [0.25, 0.3) is 10.8 Å². The molecule has 0 heterocycles. The Morgan fingerprint density at radius 1 is 0.641 bits per heavy atom. The smallest absolute Gasteiger partial charge is 0.0974 e. The van der Waals surface area contributed by atoms with Crippen molar-refractivity contribution in [3.05, 3.63) is 138 Å². The maximum atomic E-state index is 5.41. The first-order chi connectivity index (χ1) is 19.1. The zero-order chi connectivity index (χ0) is 26.8. The van der Waals surface area contributed by atoms with Gasteiger partial charge in [0.1, 0.15) is 0 Å². The molecule has 0 saturated carbocycles. The predicted molar refractivity (Wildman–Crippen MR) is 171 cm³/mol. The molecule has 5 aromatic carbocycles. The van der Waals surface area contributed by atoms with Crippen molar-refractivity contribution in [1.29, 1.82) is 0 Å². The van der Waals surface area contributed by atoms with Gasteiger partial charge in [0.15, 0.2) is 0 Å². The van der Waals surface area contributed by atoms with Crippen LogP contribution in [-0.2, 0) is 0 Å². The topological polar surface area (TPSA) is 24.7 Å². The fourth-order valence-electron chi connectivity index (χ4n) is 5.56. The number of aryl methyl sites for hydroxylation is 1. The molecule has 0 N–H and O–H groups in total. The number of para-hydroxylation sites is 1. The van der Waals surface area contributed by atoms with Gasteiger partial charge >= 0.3 is 0 Å². The second-order valence-corrected chi connectivity index (χ2v) is 12.7. The number of aliphatic imine (C=N–C) groups is 2. The van der Waals surface area contributed by atoms with E-state index in [1.807, 2.05) is 0 Å². The minimum atomic E-state index is -0.502. The van der Waals surface area contributed by atoms with Crippen LogP contribution in [-0.4, -0.2) is 24.1 Å². The van der Waals surface area contributed by atoms with Gasteiger partial charge in [0.05, 0.1) is 17.1 Å². The third-order valence-electron chi connectivity index (χ3n) is 7.48. The molecular weight excluding hydrogens is 491 g/mol. The summed E-state index contributed by atoms with van der Waals surface area (Å²) in [6.07, 6.45) is 0.994. The van der Waals surface area contributed by atoms with Crippen LogP contribution >= 0.6 is 7.92 Å². The number of hydrogen-bond donors (Lipinski definition) is 0. The molecule has 0 aromatic heterocycles. The van der Waals surface area contributed by atoms with Crippen molar-refractivity contribution in [2.24, 2.45) is 9.98 Å². The van der Waals surface area contributed by atoms with Crippen molar-refractivity contribution in [1.82, 2.24) is 0 Å². The molecule has 2 nitrogen and oxygen atoms in total. The van der Waals surface area contributed by atoms with Gasteiger partial charge in [-0.1, -0.05) is 129 Å². The lowest BCUT2D eigenvalue weighted by molar-refractivity contribution is 0.865. The second-order valence-electron chi connectivity index (χ2n) is 10.4. The predicted octanol–water partition coefficient (Wildman–Crippen LogP) is 8.33. The van der Waals surface area contributed by atoms with Crippen molar-refractivity contribution in [3.63, 3.8) is 0 Å². The van der Waals surface area contributed by atoms with E-state index in [0.717, 1.165) is 29.8 Å². The summed E-state index contributed by atoms with van der Waals surface area (Å²) >= 11 is 0. The fourth-order valence-corrected chi connectivity index (χ4v) is 7.74. The van der Waals surface area contributed by atoms with E-state index < -0.39 is 7.92 Å². The van der Waals surface area contributed by atoms with E-state index in [4.69, 9.17) is 9.98 Å². The summed E-state index contributed by atoms with van der Waals surface area (Å²) in [7, 11) is -0.502. The molecule has 0 saturated heterocycles. The Morgan fingerprint density at radius 3 is 1.85 bits per heavy atom. The third-order valence-corrected chi connectivity index (χ3v) is 9.97. The molecule has 0 radical (unpaired) electrons. The van der Waals surface area contributed by atoms with Crippen LogP contribution in [0.3, 0.4) is 0 Å². The van der Waals surface area contributed by atoms with E-state index in [0.29, 0.717) is 5.92 Å². The highest BCUT2D eigenvalue weighted by Crippen LogP contribution is 2.37. The van der Waals surface area contributed by atoms with Crippen LogP contribution in [0.1, 0.15) is 42.0 Å². The van der Waals surface area contributed by atoms with Gasteiger partial charge in [-0.3, -0.25) is 4.99 Å². The van der Waals surface area contributed by atoms with E-state index in [1.54, 1.807) is 0 Å². The van der Waals surface area contributed by atoms with E-state index in [1.165, 1.54) is 43.6 Å². The van der Waals surface area contributed by atoms with Gasteiger partial charge in [0.2, 0.25) is 0 Å². The van der Waals surface area contributed by atoms with Gasteiger partial charge < -0.3 is 0 Å². The molecule has 39 heavy (non-hydrogen) atoms. The Hall–Kier alpha value is -3.87. The first-order valence-corrected chi connectivity index (χ1v) is 15.3. The highest BCUT2D eigenvalue weighted by molar-refractivity contribution is 7.73. The highest BCUT2D eigenvalue weighted by Gasteiger charge is 2.27. The van der Waals surface area contributed by atoms with Crippen molar-refractivity contribution in [2.75, 3.05) is 12.7 Å². The first kappa shape index (κ1) is 25.4. The average molecular weight is 525 g/mol. The molecule has 0 aliphatic heterocycles. The van der Waals surface area contributed by atoms with Gasteiger partial charge in [0, 0.05) is 23.1 Å². The summed E-state index contributed by atoms with van der Waals surface area (Å²) in [6.45, 7) is 7.40. The van der Waals surface area contributed by atoms with Gasteiger partial charge in [0.25, 0.3) is 0 Å². The lowest BCUT2D eigenvalue weighted by Gasteiger charge is -2.18. The Labute approximate surface area is 232 Å². The van der Waals surface area contributed by atoms with E-state index >= 15 is 0 Å². The molecule has 0 fully saturated rings. The molecule has 3 heteroatoms. The van der Waals surface area contributed by atoms with Crippen LogP contribution < -0.4 is 10.6 Å². The monoisotopic (exact) mass is 524 g/mol. The number of benzene rings is 5. The van der Waals surface area contributed by atoms with Crippen molar-refractivity contribution in [2.45, 2.75) is 26.7 Å². The van der Waals surface area contributed by atoms with Crippen LogP contribution in [0, 0.1) is 6.92 Å². The molecule has 1 aliphatic carbocycles. The van der Waals surface area contributed by atoms with Crippen LogP contribution in [0.2, 0.25) is 0 Å². The second kappa shape index (κ2) is 11.1. The van der Waals surface area contributed by atoms with Gasteiger partial charge in [-0.05, 0) is 54.0 Å². The van der Waals surface area contributed by atoms with Crippen molar-refractivity contribution < 1.29 is 0 Å². The Morgan fingerprint density at radius 2 is 1.23 bits per heavy atom. The Balaban J connectivity index is 1.44. The number of hydrogen-bond acceptors (Lipinski definition) is 2. The van der Waals surface area contributed by atoms with Crippen LogP contribution in [0.4, 0.5) is 5.69 Å². The molecule has 0 unspecified atom stereocenters. The summed E-state index contributed by atoms with van der Waals surface area (Å²) in [5.74, 6) is 0.393. The Bertz CT molecular complexity index is 1640. The molecule has 0 bridgehead atoms. The molecule has 0 spiro atoms. The molecule has 6 rings (SSSR count). The van der Waals surface area contributed by atoms with Gasteiger partial charge in [-0.2, -0.15) is 0 Å². The maximum absolute atomic E-state index is 5.41. The molecular formula is C36H33N2P. The maximum Gasteiger partial charge on any atom is 0.0974 e. The summed E-state index contributed by atoms with van der Waals surface area (Å²) in [4.78, 5) is 10.7. The lowest BCUT2D eigenvalue weighted by Crippen LogP contribution is -2.17. The third kappa shape index (κ3) is 4.98. The van der Waals surface area contributed by atoms with Crippen molar-refractivity contribution >= 4 is 46.4 Å². The van der Waals surface area contributed by atoms with Crippen molar-refractivity contribution in [3.8, 4) is 0 Å². The zero-order valence-corrected chi connectivity index (χ0v) is 23.7. The number of nitrogens with zero attached hydrogens (tertiary/aromatic N) is 2. The van der Waals surface area contributed by atoms with Gasteiger partial charge in [-0.15, -0.1) is 0 Å². The Kier molecular flexibility index (Phi) is 7.22. The lowest BCUT2D eigenvalue weighted by atomic mass is 9.98. The van der Waals surface area contributed by atoms with Gasteiger partial charge in [-0.25, -0.2) is 4.99 Å². The highest BCUT2D eigenvalue weighted by atomic mass is 31.1. The summed E-state index contributed by atoms with van der Waals surface area (Å²) in [5, 5.41) is 5.30. The first-order valence-electron chi connectivity index (χ1n) is 13.7. The van der Waals surface area contributed by atoms with Crippen LogP contribution in [0.15, 0.2) is 125 Å². The summed E-state index contributed by atoms with van der Waals surface area (Å²) in [5.41, 5.74) is 7.97. The standard InChI is InChI=1S/C36H33N2P/c1-25(2)30-20-10-13-26(3)34(30)38-36-32-22-12-15-27-14-11-21-31(33(27)32)35(36)37-23-24-39(28-16-6-4-7-17-28)29-18-8-5-9-19-29/h4-22,25H,23-24H2,1-3H3. The average Bonchev–Trinajstić information content (AvgIpc) is 3.27. The fraction of sp³-hybridized carbons (Fsp3) is 0.167. The van der Waals surface area contributed by atoms with E-state index in [9.17, 15) is 0 Å². The molecule has 192 valence electrons. The SMILES string of the molecule is Cc1cccc(C(C)C)c1N=C1C(=NCCP(c2ccccc2)c2ccccc2)c2cccc3cccc1c23. The number of rotatable bonds is 7. The molecule has 0 amide bonds. The zero-order valence-electron chi connectivity index (χ0n) is 22.8. The van der Waals surface area contributed by atoms with Crippen LogP contribution in [0.5, 0.6) is 0 Å². The summed E-state index contributed by atoms with van der Waals surface area (Å²) in [6, 6.07) is 41.4. The molecule has 0 atom stereocenters. The van der Waals surface area contributed by atoms with E-state index in [2.05, 4.69) is 136 Å². The van der Waals surface area contributed by atoms with E-state index in [-0.39, 0.29) is 0 Å². The molecule has 5 aromatic rings. The normalized spacial score (nSPS) is 14.8. The summed E-state index contributed by atoms with van der Waals surface area (Å²) < 4.78 is 0. The minimum absolute atomic E-state index is 0.393. The quantitative estimate of drug-likeness (QED) is 0.191. The minimum Gasteiger partial charge on any atom is -0.282 e. The largest absolute Gasteiger partial charge is 0.282 e. The molecule has 1 aliphatic rings.